The van der Waals surface area contributed by atoms with E-state index >= 15 is 0 Å². The summed E-state index contributed by atoms with van der Waals surface area (Å²) in [5, 5.41) is 1.61. The summed E-state index contributed by atoms with van der Waals surface area (Å²) in [6.07, 6.45) is 4.87. The third kappa shape index (κ3) is 11.0. The molecule has 2 nitrogen and oxygen atoms in total. The minimum Gasteiger partial charge on any atom is -0.544 e. The molecule has 0 saturated carbocycles. The zero-order valence-corrected chi connectivity index (χ0v) is 29.8. The summed E-state index contributed by atoms with van der Waals surface area (Å²) in [4.78, 5) is 0. The summed E-state index contributed by atoms with van der Waals surface area (Å²) in [5.74, 6) is 15.9. The van der Waals surface area contributed by atoms with Crippen LogP contribution in [0.5, 0.6) is 11.5 Å². The van der Waals surface area contributed by atoms with E-state index in [1.807, 2.05) is 0 Å². The highest BCUT2D eigenvalue weighted by Crippen LogP contribution is 2.40. The van der Waals surface area contributed by atoms with Crippen molar-refractivity contribution in [2.75, 3.05) is 17.3 Å². The highest BCUT2D eigenvalue weighted by Gasteiger charge is 2.39. The van der Waals surface area contributed by atoms with E-state index in [-0.39, 0.29) is 5.04 Å². The van der Waals surface area contributed by atoms with Crippen LogP contribution in [0.25, 0.3) is 0 Å². The maximum Gasteiger partial charge on any atom is 0.250 e. The molecule has 0 heterocycles. The number of hydrogen-bond acceptors (Lipinski definition) is 2. The first-order valence-electron chi connectivity index (χ1n) is 14.6. The lowest BCUT2D eigenvalue weighted by Gasteiger charge is -2.36. The summed E-state index contributed by atoms with van der Waals surface area (Å²) < 4.78 is 12.8. The van der Waals surface area contributed by atoms with Gasteiger partial charge in [-0.2, -0.15) is 0 Å². The van der Waals surface area contributed by atoms with Crippen LogP contribution in [0.15, 0.2) is 48.5 Å². The molecule has 218 valence electrons. The van der Waals surface area contributed by atoms with Crippen LogP contribution in [-0.2, 0) is 0 Å². The lowest BCUT2D eigenvalue weighted by molar-refractivity contribution is 0.244. The summed E-state index contributed by atoms with van der Waals surface area (Å²) in [6, 6.07) is 17.7. The van der Waals surface area contributed by atoms with Crippen LogP contribution in [-0.4, -0.2) is 25.6 Å². The van der Waals surface area contributed by atoms with E-state index in [2.05, 4.69) is 152 Å². The van der Waals surface area contributed by atoms with Crippen molar-refractivity contribution in [2.45, 2.75) is 96.7 Å². The van der Waals surface area contributed by atoms with E-state index in [0.717, 1.165) is 48.9 Å². The third-order valence-corrected chi connectivity index (χ3v) is 13.0. The largest absolute Gasteiger partial charge is 0.544 e. The molecule has 3 unspecified atom stereocenters. The molecule has 0 fully saturated rings. The van der Waals surface area contributed by atoms with Crippen LogP contribution < -0.4 is 9.16 Å². The fourth-order valence-electron chi connectivity index (χ4n) is 4.68. The normalized spacial score (nSPS) is 13.7. The molecule has 0 aliphatic carbocycles. The van der Waals surface area contributed by atoms with Crippen LogP contribution in [0.2, 0.25) is 18.1 Å². The van der Waals surface area contributed by atoms with Gasteiger partial charge in [0, 0.05) is 18.8 Å². The summed E-state index contributed by atoms with van der Waals surface area (Å²) >= 11 is 6.75. The Morgan fingerprint density at radius 3 is 1.73 bits per heavy atom. The first-order valence-corrected chi connectivity index (χ1v) is 19.8. The SMILES string of the molecule is CCC(c1ccc(OCC(CC#CCBr)CCC#CCBr)cc1)C(CC)c1ccc(O[Si](C)(C)C(C)(C)C)cc1. The van der Waals surface area contributed by atoms with E-state index in [4.69, 9.17) is 9.16 Å². The number of halogens is 2. The lowest BCUT2D eigenvalue weighted by atomic mass is 9.78. The number of alkyl halides is 2. The van der Waals surface area contributed by atoms with Gasteiger partial charge in [-0.25, -0.2) is 0 Å². The van der Waals surface area contributed by atoms with Gasteiger partial charge in [0.1, 0.15) is 11.5 Å². The van der Waals surface area contributed by atoms with Crippen LogP contribution in [0.4, 0.5) is 0 Å². The summed E-state index contributed by atoms with van der Waals surface area (Å²) in [7, 11) is -1.85. The Balaban J connectivity index is 2.09. The zero-order valence-electron chi connectivity index (χ0n) is 25.6. The average molecular weight is 689 g/mol. The Kier molecular flexibility index (Phi) is 15.0. The highest BCUT2D eigenvalue weighted by molar-refractivity contribution is 9.09. The van der Waals surface area contributed by atoms with Gasteiger partial charge in [0.2, 0.25) is 8.32 Å². The Morgan fingerprint density at radius 2 is 1.25 bits per heavy atom. The Hall–Kier alpha value is -1.66. The van der Waals surface area contributed by atoms with E-state index in [0.29, 0.717) is 29.7 Å². The summed E-state index contributed by atoms with van der Waals surface area (Å²) in [6.45, 7) is 16.7. The monoisotopic (exact) mass is 686 g/mol. The molecule has 3 atom stereocenters. The molecule has 0 aromatic heterocycles. The molecule has 0 spiro atoms. The predicted molar refractivity (Wildman–Crippen MR) is 183 cm³/mol. The molecule has 0 N–H and O–H groups in total. The molecule has 0 aliphatic heterocycles. The van der Waals surface area contributed by atoms with Gasteiger partial charge < -0.3 is 9.16 Å². The average Bonchev–Trinajstić information content (AvgIpc) is 2.92. The topological polar surface area (TPSA) is 18.5 Å². The molecule has 2 rings (SSSR count). The van der Waals surface area contributed by atoms with Crippen molar-refractivity contribution < 1.29 is 9.16 Å². The van der Waals surface area contributed by atoms with Crippen LogP contribution >= 0.6 is 31.9 Å². The second-order valence-corrected chi connectivity index (χ2v) is 17.8. The van der Waals surface area contributed by atoms with Gasteiger partial charge >= 0.3 is 0 Å². The Morgan fingerprint density at radius 1 is 0.750 bits per heavy atom. The number of benzene rings is 2. The fraction of sp³-hybridized carbons (Fsp3) is 0.543. The molecular formula is C35H48Br2O2Si. The lowest BCUT2D eigenvalue weighted by Crippen LogP contribution is -2.43. The van der Waals surface area contributed by atoms with Crippen molar-refractivity contribution in [2.24, 2.45) is 5.92 Å². The first-order chi connectivity index (χ1) is 19.1. The van der Waals surface area contributed by atoms with E-state index in [9.17, 15) is 0 Å². The quantitative estimate of drug-likeness (QED) is 0.119. The van der Waals surface area contributed by atoms with Crippen molar-refractivity contribution in [3.63, 3.8) is 0 Å². The van der Waals surface area contributed by atoms with Crippen molar-refractivity contribution in [1.29, 1.82) is 0 Å². The zero-order chi connectivity index (χ0) is 29.6. The standard InChI is InChI=1S/C35H48Br2O2Si/c1-8-33(34(9-2)30-19-23-32(24-20-30)39-40(6,7)35(3,4)5)29-17-21-31(22-18-29)38-27-28(16-12-14-26-37)15-11-10-13-25-36/h17-24,28,33-34H,8-9,11,15-16,25-27H2,1-7H3. The molecule has 2 aromatic carbocycles. The number of rotatable bonds is 13. The molecule has 40 heavy (non-hydrogen) atoms. The van der Waals surface area contributed by atoms with Crippen molar-refractivity contribution in [1.82, 2.24) is 0 Å². The van der Waals surface area contributed by atoms with Crippen molar-refractivity contribution in [3.8, 4) is 35.2 Å². The van der Waals surface area contributed by atoms with E-state index in [1.165, 1.54) is 11.1 Å². The molecule has 0 bridgehead atoms. The van der Waals surface area contributed by atoms with E-state index in [1.54, 1.807) is 0 Å². The van der Waals surface area contributed by atoms with Gasteiger partial charge in [-0.3, -0.25) is 0 Å². The number of hydrogen-bond donors (Lipinski definition) is 0. The second kappa shape index (κ2) is 17.3. The van der Waals surface area contributed by atoms with Crippen LogP contribution in [0.1, 0.15) is 89.7 Å². The summed E-state index contributed by atoms with van der Waals surface area (Å²) in [5.41, 5.74) is 2.75. The Bertz CT molecular complexity index is 1130. The molecule has 0 radical (unpaired) electrons. The predicted octanol–water partition coefficient (Wildman–Crippen LogP) is 10.7. The smallest absolute Gasteiger partial charge is 0.250 e. The maximum absolute atomic E-state index is 6.53. The molecule has 0 amide bonds. The van der Waals surface area contributed by atoms with Gasteiger partial charge in [-0.05, 0) is 84.6 Å². The molecular weight excluding hydrogens is 640 g/mol. The molecule has 5 heteroatoms. The minimum atomic E-state index is -1.85. The molecule has 0 saturated heterocycles. The van der Waals surface area contributed by atoms with Crippen LogP contribution in [0, 0.1) is 29.6 Å². The maximum atomic E-state index is 6.53. The van der Waals surface area contributed by atoms with Gasteiger partial charge in [-0.1, -0.05) is 103 Å². The highest BCUT2D eigenvalue weighted by atomic mass is 79.9. The molecule has 2 aromatic rings. The van der Waals surface area contributed by atoms with Gasteiger partial charge in [0.25, 0.3) is 0 Å². The van der Waals surface area contributed by atoms with Gasteiger partial charge in [0.15, 0.2) is 0 Å². The number of ether oxygens (including phenoxy) is 1. The van der Waals surface area contributed by atoms with E-state index < -0.39 is 8.32 Å². The Labute approximate surface area is 262 Å². The fourth-order valence-corrected chi connectivity index (χ4v) is 6.11. The minimum absolute atomic E-state index is 0.185. The molecule has 0 aliphatic rings. The van der Waals surface area contributed by atoms with Crippen LogP contribution in [0.3, 0.4) is 0 Å². The van der Waals surface area contributed by atoms with Crippen molar-refractivity contribution >= 4 is 40.2 Å². The van der Waals surface area contributed by atoms with Crippen molar-refractivity contribution in [3.05, 3.63) is 59.7 Å². The third-order valence-electron chi connectivity index (χ3n) is 8.10. The van der Waals surface area contributed by atoms with Gasteiger partial charge in [0.05, 0.1) is 17.3 Å². The first kappa shape index (κ1) is 34.5. The second-order valence-electron chi connectivity index (χ2n) is 11.9. The van der Waals surface area contributed by atoms with Gasteiger partial charge in [-0.15, -0.1) is 11.8 Å².